The molecular weight excluding hydrogens is 470 g/mol. The summed E-state index contributed by atoms with van der Waals surface area (Å²) in [6, 6.07) is 7.71. The number of nitrogens with zero attached hydrogens (tertiary/aromatic N) is 5. The van der Waals surface area contributed by atoms with Crippen molar-refractivity contribution in [1.82, 2.24) is 29.8 Å². The minimum Gasteiger partial charge on any atom is -0.273 e. The van der Waals surface area contributed by atoms with Crippen LogP contribution in [-0.2, 0) is 21.2 Å². The first-order chi connectivity index (χ1) is 16.6. The Hall–Kier alpha value is -3.82. The number of rotatable bonds is 8. The molecule has 3 rings (SSSR count). The minimum atomic E-state index is -3.72. The fraction of sp³-hybridized carbons (Fsp3) is 0.348. The minimum absolute atomic E-state index is 0.00666. The number of hydrazine groups is 1. The van der Waals surface area contributed by atoms with Crippen LogP contribution in [0.25, 0.3) is 5.65 Å². The van der Waals surface area contributed by atoms with Crippen molar-refractivity contribution in [2.24, 2.45) is 0 Å². The smallest absolute Gasteiger partial charge is 0.269 e. The van der Waals surface area contributed by atoms with Crippen molar-refractivity contribution in [1.29, 1.82) is 5.26 Å². The zero-order valence-corrected chi connectivity index (χ0v) is 20.8. The molecule has 12 heteroatoms. The first-order valence-corrected chi connectivity index (χ1v) is 12.5. The topological polar surface area (TPSA) is 150 Å². The van der Waals surface area contributed by atoms with Gasteiger partial charge in [-0.15, -0.1) is 0 Å². The van der Waals surface area contributed by atoms with Crippen molar-refractivity contribution in [3.63, 3.8) is 0 Å². The predicted octanol–water partition coefficient (Wildman–Crippen LogP) is 1.64. The summed E-state index contributed by atoms with van der Waals surface area (Å²) in [4.78, 5) is 29.3. The highest BCUT2D eigenvalue weighted by atomic mass is 32.2. The lowest BCUT2D eigenvalue weighted by Gasteiger charge is -2.18. The zero-order chi connectivity index (χ0) is 25.8. The molecule has 0 saturated heterocycles. The molecule has 184 valence electrons. The fourth-order valence-corrected chi connectivity index (χ4v) is 5.27. The highest BCUT2D eigenvalue weighted by molar-refractivity contribution is 7.89. The lowest BCUT2D eigenvalue weighted by molar-refractivity contribution is -0.121. The number of carbonyl (C=O) groups is 2. The number of nitriles is 1. The lowest BCUT2D eigenvalue weighted by Crippen LogP contribution is -2.41. The molecule has 0 radical (unpaired) electrons. The summed E-state index contributed by atoms with van der Waals surface area (Å²) in [5.74, 6) is -1.06. The van der Waals surface area contributed by atoms with Crippen molar-refractivity contribution in [2.45, 2.75) is 45.4 Å². The summed E-state index contributed by atoms with van der Waals surface area (Å²) in [5, 5.41) is 13.4. The number of sulfonamides is 1. The van der Waals surface area contributed by atoms with Gasteiger partial charge < -0.3 is 0 Å². The van der Waals surface area contributed by atoms with E-state index >= 15 is 0 Å². The third kappa shape index (κ3) is 5.31. The second kappa shape index (κ2) is 10.6. The molecule has 0 fully saturated rings. The summed E-state index contributed by atoms with van der Waals surface area (Å²) in [5.41, 5.74) is 7.91. The number of fused-ring (bicyclic) bond motifs is 1. The van der Waals surface area contributed by atoms with E-state index in [0.29, 0.717) is 36.4 Å². The Bertz CT molecular complexity index is 1420. The SMILES string of the molecule is CCN(CC)S(=O)(=O)c1cccc(C(=O)NNC(=O)CCc2c(C)nc3c(C#N)cnn3c2C)c1. The summed E-state index contributed by atoms with van der Waals surface area (Å²) < 4.78 is 28.3. The van der Waals surface area contributed by atoms with Crippen LogP contribution in [0.2, 0.25) is 0 Å². The number of aromatic nitrogens is 3. The summed E-state index contributed by atoms with van der Waals surface area (Å²) in [6.45, 7) is 7.74. The molecule has 11 nitrogen and oxygen atoms in total. The molecule has 0 spiro atoms. The van der Waals surface area contributed by atoms with Crippen molar-refractivity contribution < 1.29 is 18.0 Å². The van der Waals surface area contributed by atoms with Gasteiger partial charge in [-0.25, -0.2) is 17.9 Å². The van der Waals surface area contributed by atoms with Crippen molar-refractivity contribution in [3.8, 4) is 6.07 Å². The van der Waals surface area contributed by atoms with Crippen LogP contribution in [0, 0.1) is 25.2 Å². The van der Waals surface area contributed by atoms with E-state index < -0.39 is 21.8 Å². The molecule has 0 aliphatic carbocycles. The molecule has 0 unspecified atom stereocenters. The van der Waals surface area contributed by atoms with Gasteiger partial charge in [-0.3, -0.25) is 20.4 Å². The average molecular weight is 498 g/mol. The predicted molar refractivity (Wildman–Crippen MR) is 128 cm³/mol. The third-order valence-electron chi connectivity index (χ3n) is 5.69. The Labute approximate surface area is 203 Å². The van der Waals surface area contributed by atoms with Crippen LogP contribution in [0.15, 0.2) is 35.4 Å². The van der Waals surface area contributed by atoms with Gasteiger partial charge in [-0.05, 0) is 44.0 Å². The third-order valence-corrected chi connectivity index (χ3v) is 7.73. The second-order valence-electron chi connectivity index (χ2n) is 7.79. The summed E-state index contributed by atoms with van der Waals surface area (Å²) in [7, 11) is -3.72. The van der Waals surface area contributed by atoms with Gasteiger partial charge >= 0.3 is 0 Å². The second-order valence-corrected chi connectivity index (χ2v) is 9.72. The van der Waals surface area contributed by atoms with E-state index in [1.807, 2.05) is 6.92 Å². The molecule has 1 aromatic carbocycles. The quantitative estimate of drug-likeness (QED) is 0.449. The number of aryl methyl sites for hydroxylation is 2. The van der Waals surface area contributed by atoms with E-state index in [0.717, 1.165) is 11.3 Å². The first kappa shape index (κ1) is 25.8. The van der Waals surface area contributed by atoms with E-state index in [9.17, 15) is 23.3 Å². The Morgan fingerprint density at radius 1 is 1.17 bits per heavy atom. The van der Waals surface area contributed by atoms with Gasteiger partial charge in [0.25, 0.3) is 5.91 Å². The van der Waals surface area contributed by atoms with E-state index in [1.165, 1.54) is 34.8 Å². The molecular formula is C23H27N7O4S. The monoisotopic (exact) mass is 497 g/mol. The van der Waals surface area contributed by atoms with Crippen LogP contribution in [-0.4, -0.2) is 52.2 Å². The number of amides is 2. The zero-order valence-electron chi connectivity index (χ0n) is 20.0. The van der Waals surface area contributed by atoms with E-state index in [4.69, 9.17) is 0 Å². The maximum Gasteiger partial charge on any atom is 0.269 e. The summed E-state index contributed by atoms with van der Waals surface area (Å²) in [6.07, 6.45) is 1.86. The van der Waals surface area contributed by atoms with Gasteiger partial charge in [0.15, 0.2) is 5.65 Å². The Morgan fingerprint density at radius 2 is 1.89 bits per heavy atom. The molecule has 2 N–H and O–H groups in total. The molecule has 3 aromatic rings. The van der Waals surface area contributed by atoms with Crippen LogP contribution in [0.3, 0.4) is 0 Å². The van der Waals surface area contributed by atoms with E-state index in [1.54, 1.807) is 25.3 Å². The van der Waals surface area contributed by atoms with Crippen LogP contribution >= 0.6 is 0 Å². The first-order valence-electron chi connectivity index (χ1n) is 11.1. The number of benzene rings is 1. The van der Waals surface area contributed by atoms with Gasteiger partial charge in [0.05, 0.1) is 11.1 Å². The molecule has 2 aromatic heterocycles. The van der Waals surface area contributed by atoms with Gasteiger partial charge in [0.2, 0.25) is 15.9 Å². The Kier molecular flexibility index (Phi) is 7.83. The van der Waals surface area contributed by atoms with Crippen molar-refractivity contribution in [3.05, 3.63) is 58.5 Å². The van der Waals surface area contributed by atoms with E-state index in [2.05, 4.69) is 27.0 Å². The molecule has 35 heavy (non-hydrogen) atoms. The maximum absolute atomic E-state index is 12.7. The molecule has 0 bridgehead atoms. The highest BCUT2D eigenvalue weighted by Gasteiger charge is 2.22. The van der Waals surface area contributed by atoms with Crippen molar-refractivity contribution in [2.75, 3.05) is 13.1 Å². The van der Waals surface area contributed by atoms with Crippen LogP contribution < -0.4 is 10.9 Å². The van der Waals surface area contributed by atoms with Gasteiger partial charge in [-0.2, -0.15) is 14.7 Å². The van der Waals surface area contributed by atoms with Crippen LogP contribution in [0.1, 0.15) is 53.1 Å². The van der Waals surface area contributed by atoms with Gasteiger partial charge in [0.1, 0.15) is 11.6 Å². The number of hydrogen-bond donors (Lipinski definition) is 2. The molecule has 0 saturated carbocycles. The molecule has 0 aliphatic heterocycles. The van der Waals surface area contributed by atoms with Crippen molar-refractivity contribution >= 4 is 27.5 Å². The van der Waals surface area contributed by atoms with Gasteiger partial charge in [-0.1, -0.05) is 19.9 Å². The molecule has 2 heterocycles. The number of carbonyl (C=O) groups excluding carboxylic acids is 2. The molecule has 2 amide bonds. The largest absolute Gasteiger partial charge is 0.273 e. The molecule has 0 atom stereocenters. The number of nitrogens with one attached hydrogen (secondary N) is 2. The number of hydrogen-bond acceptors (Lipinski definition) is 7. The van der Waals surface area contributed by atoms with Crippen LogP contribution in [0.4, 0.5) is 0 Å². The summed E-state index contributed by atoms with van der Waals surface area (Å²) >= 11 is 0. The standard InChI is InChI=1S/C23H27N7O4S/c1-5-29(6-2)35(33,34)19-9-7-8-17(12-19)23(32)28-27-21(31)11-10-20-15(3)26-22-18(13-24)14-25-30(22)16(20)4/h7-9,12,14H,5-6,10-11H2,1-4H3,(H,27,31)(H,28,32). The maximum atomic E-state index is 12.7. The fourth-order valence-electron chi connectivity index (χ4n) is 3.76. The average Bonchev–Trinajstić information content (AvgIpc) is 3.26. The Morgan fingerprint density at radius 3 is 2.54 bits per heavy atom. The normalized spacial score (nSPS) is 11.4. The highest BCUT2D eigenvalue weighted by Crippen LogP contribution is 2.19. The van der Waals surface area contributed by atoms with Crippen LogP contribution in [0.5, 0.6) is 0 Å². The Balaban J connectivity index is 1.64. The molecule has 0 aliphatic rings. The van der Waals surface area contributed by atoms with Gasteiger partial charge in [0, 0.05) is 36.5 Å². The van der Waals surface area contributed by atoms with E-state index in [-0.39, 0.29) is 16.9 Å². The lowest BCUT2D eigenvalue weighted by atomic mass is 10.1.